The maximum atomic E-state index is 11.4. The smallest absolute Gasteiger partial charge is 0.329 e. The van der Waals surface area contributed by atoms with Gasteiger partial charge in [-0.05, 0) is 24.3 Å². The first-order chi connectivity index (χ1) is 6.34. The van der Waals surface area contributed by atoms with E-state index in [0.29, 0.717) is 6.61 Å². The number of hydrogen-bond acceptors (Lipinski definition) is 4. The minimum absolute atomic E-state index is 0.0249. The molecule has 1 rings (SSSR count). The lowest BCUT2D eigenvalue weighted by Gasteiger charge is -2.19. The molecule has 0 atom stereocenters. The van der Waals surface area contributed by atoms with Crippen LogP contribution < -0.4 is 0 Å². The predicted octanol–water partition coefficient (Wildman–Crippen LogP) is 2.53. The van der Waals surface area contributed by atoms with Gasteiger partial charge >= 0.3 is 5.97 Å². The summed E-state index contributed by atoms with van der Waals surface area (Å²) in [5.41, 5.74) is 0. The summed E-state index contributed by atoms with van der Waals surface area (Å²) in [6, 6.07) is 0. The lowest BCUT2D eigenvalue weighted by atomic mass is 10.4. The summed E-state index contributed by atoms with van der Waals surface area (Å²) < 4.78 is 5.19. The molecule has 0 aromatic carbocycles. The van der Waals surface area contributed by atoms with E-state index in [9.17, 15) is 4.79 Å². The lowest BCUT2D eigenvalue weighted by molar-refractivity contribution is -0.141. The van der Waals surface area contributed by atoms with Crippen LogP contribution in [0.1, 0.15) is 26.2 Å². The van der Waals surface area contributed by atoms with Crippen LogP contribution in [-0.2, 0) is 9.53 Å². The zero-order valence-corrected chi connectivity index (χ0v) is 9.59. The second kappa shape index (κ2) is 6.60. The van der Waals surface area contributed by atoms with Crippen LogP contribution in [0.15, 0.2) is 0 Å². The molecule has 76 valence electrons. The van der Waals surface area contributed by atoms with Gasteiger partial charge in [-0.15, -0.1) is 23.5 Å². The maximum absolute atomic E-state index is 11.4. The fourth-order valence-electron chi connectivity index (χ4n) is 1.01. The van der Waals surface area contributed by atoms with E-state index >= 15 is 0 Å². The van der Waals surface area contributed by atoms with E-state index in [0.717, 1.165) is 24.3 Å². The topological polar surface area (TPSA) is 26.3 Å². The molecule has 0 amide bonds. The largest absolute Gasteiger partial charge is 0.464 e. The summed E-state index contributed by atoms with van der Waals surface area (Å²) in [6.45, 7) is 2.69. The Morgan fingerprint density at radius 1 is 1.46 bits per heavy atom. The molecule has 0 saturated carbocycles. The van der Waals surface area contributed by atoms with Crippen molar-refractivity contribution in [3.8, 4) is 0 Å². The van der Waals surface area contributed by atoms with Crippen molar-refractivity contribution in [2.45, 2.75) is 30.8 Å². The summed E-state index contributed by atoms with van der Waals surface area (Å²) >= 11 is 3.44. The van der Waals surface area contributed by atoms with Crippen LogP contribution in [0.25, 0.3) is 0 Å². The number of esters is 1. The van der Waals surface area contributed by atoms with Crippen LogP contribution >= 0.6 is 23.5 Å². The molecule has 0 N–H and O–H groups in total. The molecule has 13 heavy (non-hydrogen) atoms. The van der Waals surface area contributed by atoms with Gasteiger partial charge in [-0.25, -0.2) is 4.79 Å². The van der Waals surface area contributed by atoms with E-state index < -0.39 is 0 Å². The molecule has 1 saturated heterocycles. The maximum Gasteiger partial charge on any atom is 0.329 e. The normalized spacial score (nSPS) is 18.5. The third kappa shape index (κ3) is 4.27. The van der Waals surface area contributed by atoms with Gasteiger partial charge in [-0.2, -0.15) is 0 Å². The number of carbonyl (C=O) groups excluding carboxylic acids is 1. The number of rotatable bonds is 4. The van der Waals surface area contributed by atoms with E-state index in [1.54, 1.807) is 23.5 Å². The van der Waals surface area contributed by atoms with Crippen molar-refractivity contribution in [3.63, 3.8) is 0 Å². The Morgan fingerprint density at radius 3 is 2.77 bits per heavy atom. The molecule has 2 nitrogen and oxygen atoms in total. The zero-order valence-electron chi connectivity index (χ0n) is 7.95. The Bertz CT molecular complexity index is 156. The van der Waals surface area contributed by atoms with Gasteiger partial charge in [-0.1, -0.05) is 13.3 Å². The van der Waals surface area contributed by atoms with Crippen LogP contribution in [-0.4, -0.2) is 28.7 Å². The minimum Gasteiger partial charge on any atom is -0.464 e. The van der Waals surface area contributed by atoms with Gasteiger partial charge in [0, 0.05) is 0 Å². The summed E-state index contributed by atoms with van der Waals surface area (Å²) in [5, 5.41) is 0. The van der Waals surface area contributed by atoms with E-state index in [2.05, 4.69) is 6.92 Å². The highest BCUT2D eigenvalue weighted by atomic mass is 32.2. The first-order valence-electron chi connectivity index (χ1n) is 4.74. The second-order valence-corrected chi connectivity index (χ2v) is 5.67. The zero-order chi connectivity index (χ0) is 9.52. The Kier molecular flexibility index (Phi) is 5.71. The molecule has 0 bridgehead atoms. The van der Waals surface area contributed by atoms with Gasteiger partial charge in [0.15, 0.2) is 0 Å². The summed E-state index contributed by atoms with van der Waals surface area (Å²) in [7, 11) is 0. The molecule has 0 aliphatic carbocycles. The van der Waals surface area contributed by atoms with E-state index in [1.165, 1.54) is 6.42 Å². The van der Waals surface area contributed by atoms with Gasteiger partial charge < -0.3 is 4.74 Å². The molecule has 1 heterocycles. The van der Waals surface area contributed by atoms with Crippen molar-refractivity contribution in [2.75, 3.05) is 18.1 Å². The van der Waals surface area contributed by atoms with Gasteiger partial charge in [0.05, 0.1) is 6.61 Å². The Balaban J connectivity index is 2.13. The van der Waals surface area contributed by atoms with Crippen molar-refractivity contribution in [3.05, 3.63) is 0 Å². The van der Waals surface area contributed by atoms with E-state index in [1.807, 2.05) is 0 Å². The first-order valence-corrected chi connectivity index (χ1v) is 6.84. The van der Waals surface area contributed by atoms with Crippen molar-refractivity contribution in [1.29, 1.82) is 0 Å². The van der Waals surface area contributed by atoms with Gasteiger partial charge in [-0.3, -0.25) is 0 Å². The van der Waals surface area contributed by atoms with Crippen molar-refractivity contribution < 1.29 is 9.53 Å². The molecule has 4 heteroatoms. The number of hydrogen-bond donors (Lipinski definition) is 0. The number of ether oxygens (including phenoxy) is 1. The summed E-state index contributed by atoms with van der Waals surface area (Å²) in [5.74, 6) is 2.17. The van der Waals surface area contributed by atoms with Crippen LogP contribution in [0.3, 0.4) is 0 Å². The van der Waals surface area contributed by atoms with E-state index in [4.69, 9.17) is 4.74 Å². The molecule has 0 unspecified atom stereocenters. The van der Waals surface area contributed by atoms with Crippen LogP contribution in [0.4, 0.5) is 0 Å². The third-order valence-corrected chi connectivity index (χ3v) is 4.62. The highest BCUT2D eigenvalue weighted by molar-refractivity contribution is 8.18. The molecular formula is C9H16O2S2. The Labute approximate surface area is 88.2 Å². The Morgan fingerprint density at radius 2 is 2.15 bits per heavy atom. The quantitative estimate of drug-likeness (QED) is 0.537. The number of carbonyl (C=O) groups is 1. The van der Waals surface area contributed by atoms with E-state index in [-0.39, 0.29) is 10.6 Å². The van der Waals surface area contributed by atoms with Crippen LogP contribution in [0.5, 0.6) is 0 Å². The Hall–Kier alpha value is 0.170. The third-order valence-electron chi connectivity index (χ3n) is 1.76. The van der Waals surface area contributed by atoms with Gasteiger partial charge in [0.25, 0.3) is 0 Å². The summed E-state index contributed by atoms with van der Waals surface area (Å²) in [6.07, 6.45) is 3.28. The average Bonchev–Trinajstić information content (AvgIpc) is 2.19. The molecule has 1 aliphatic rings. The molecule has 0 spiro atoms. The molecule has 1 aliphatic heterocycles. The lowest BCUT2D eigenvalue weighted by Crippen LogP contribution is -2.21. The first kappa shape index (κ1) is 11.2. The van der Waals surface area contributed by atoms with Gasteiger partial charge in [0.1, 0.15) is 4.58 Å². The molecule has 0 aromatic heterocycles. The summed E-state index contributed by atoms with van der Waals surface area (Å²) in [4.78, 5) is 11.4. The minimum atomic E-state index is -0.0249. The molecular weight excluding hydrogens is 204 g/mol. The van der Waals surface area contributed by atoms with Crippen LogP contribution in [0, 0.1) is 0 Å². The SMILES string of the molecule is CCCCOC(=O)C1SCCCS1. The standard InChI is InChI=1S/C9H16O2S2/c1-2-3-5-11-8(10)9-12-6-4-7-13-9/h9H,2-7H2,1H3. The van der Waals surface area contributed by atoms with Crippen molar-refractivity contribution >= 4 is 29.5 Å². The fraction of sp³-hybridized carbons (Fsp3) is 0.889. The highest BCUT2D eigenvalue weighted by Gasteiger charge is 2.23. The van der Waals surface area contributed by atoms with Crippen LogP contribution in [0.2, 0.25) is 0 Å². The molecule has 1 fully saturated rings. The average molecular weight is 220 g/mol. The van der Waals surface area contributed by atoms with Gasteiger partial charge in [0.2, 0.25) is 0 Å². The molecule has 0 aromatic rings. The fourth-order valence-corrected chi connectivity index (χ4v) is 3.61. The number of unbranched alkanes of at least 4 members (excludes halogenated alkanes) is 1. The van der Waals surface area contributed by atoms with Crippen molar-refractivity contribution in [2.24, 2.45) is 0 Å². The highest BCUT2D eigenvalue weighted by Crippen LogP contribution is 2.31. The molecule has 0 radical (unpaired) electrons. The van der Waals surface area contributed by atoms with Crippen molar-refractivity contribution in [1.82, 2.24) is 0 Å². The number of thioether (sulfide) groups is 2. The monoisotopic (exact) mass is 220 g/mol. The predicted molar refractivity (Wildman–Crippen MR) is 59.2 cm³/mol. The second-order valence-electron chi connectivity index (χ2n) is 2.95.